The second kappa shape index (κ2) is 7.30. The van der Waals surface area contributed by atoms with Crippen molar-refractivity contribution in [1.82, 2.24) is 9.62 Å². The van der Waals surface area contributed by atoms with E-state index in [2.05, 4.69) is 5.32 Å². The van der Waals surface area contributed by atoms with Gasteiger partial charge in [0.05, 0.1) is 11.5 Å². The van der Waals surface area contributed by atoms with Crippen molar-refractivity contribution in [3.8, 4) is 0 Å². The van der Waals surface area contributed by atoms with E-state index in [0.717, 1.165) is 23.5 Å². The molecule has 0 unspecified atom stereocenters. The first-order valence-corrected chi connectivity index (χ1v) is 9.12. The highest BCUT2D eigenvalue weighted by Gasteiger charge is 2.18. The molecule has 6 nitrogen and oxygen atoms in total. The van der Waals surface area contributed by atoms with Crippen LogP contribution >= 0.6 is 0 Å². The Morgan fingerprint density at radius 2 is 1.65 bits per heavy atom. The molecule has 0 atom stereocenters. The van der Waals surface area contributed by atoms with Crippen molar-refractivity contribution in [2.75, 3.05) is 44.9 Å². The van der Waals surface area contributed by atoms with Gasteiger partial charge in [-0.2, -0.15) is 0 Å². The van der Waals surface area contributed by atoms with Crippen molar-refractivity contribution >= 4 is 19.9 Å². The molecule has 0 saturated heterocycles. The van der Waals surface area contributed by atoms with Crippen LogP contribution in [0.1, 0.15) is 12.8 Å². The third kappa shape index (κ3) is 8.53. The second-order valence-electron chi connectivity index (χ2n) is 4.08. The van der Waals surface area contributed by atoms with Crippen molar-refractivity contribution in [1.29, 1.82) is 0 Å². The van der Waals surface area contributed by atoms with E-state index in [0.29, 0.717) is 6.42 Å². The molecule has 104 valence electrons. The van der Waals surface area contributed by atoms with Gasteiger partial charge in [0.1, 0.15) is 9.84 Å². The molecule has 0 amide bonds. The van der Waals surface area contributed by atoms with Gasteiger partial charge >= 0.3 is 0 Å². The average Bonchev–Trinajstić information content (AvgIpc) is 2.20. The van der Waals surface area contributed by atoms with Crippen LogP contribution < -0.4 is 5.32 Å². The van der Waals surface area contributed by atoms with E-state index in [4.69, 9.17) is 0 Å². The summed E-state index contributed by atoms with van der Waals surface area (Å²) in [5.74, 6) is -0.0752. The van der Waals surface area contributed by atoms with Crippen LogP contribution in [0.25, 0.3) is 0 Å². The molecule has 0 bridgehead atoms. The van der Waals surface area contributed by atoms with Gasteiger partial charge in [0, 0.05) is 19.8 Å². The number of sulfone groups is 1. The van der Waals surface area contributed by atoms with E-state index < -0.39 is 19.9 Å². The van der Waals surface area contributed by atoms with Gasteiger partial charge in [-0.25, -0.2) is 21.1 Å². The molecule has 0 aromatic rings. The second-order valence-corrected chi connectivity index (χ2v) is 8.53. The van der Waals surface area contributed by atoms with Gasteiger partial charge in [0.2, 0.25) is 10.0 Å². The molecule has 0 aromatic heterocycles. The van der Waals surface area contributed by atoms with Crippen molar-refractivity contribution in [2.24, 2.45) is 0 Å². The average molecular weight is 286 g/mol. The lowest BCUT2D eigenvalue weighted by Gasteiger charge is -2.16. The van der Waals surface area contributed by atoms with E-state index >= 15 is 0 Å². The van der Waals surface area contributed by atoms with Gasteiger partial charge < -0.3 is 5.32 Å². The fraction of sp³-hybridized carbons (Fsp3) is 1.00. The number of nitrogens with zero attached hydrogens (tertiary/aromatic N) is 1. The lowest BCUT2D eigenvalue weighted by molar-refractivity contribution is 0.482. The summed E-state index contributed by atoms with van der Waals surface area (Å²) in [4.78, 5) is 0. The smallest absolute Gasteiger partial charge is 0.213 e. The maximum absolute atomic E-state index is 11.7. The molecule has 0 aromatic carbocycles. The maximum atomic E-state index is 11.7. The zero-order valence-electron chi connectivity index (χ0n) is 10.6. The predicted octanol–water partition coefficient (Wildman–Crippen LogP) is -0.708. The minimum Gasteiger partial charge on any atom is -0.320 e. The summed E-state index contributed by atoms with van der Waals surface area (Å²) in [7, 11) is -3.22. The Labute approximate surface area is 104 Å². The van der Waals surface area contributed by atoms with E-state index in [-0.39, 0.29) is 18.1 Å². The monoisotopic (exact) mass is 286 g/mol. The number of rotatable bonds is 9. The van der Waals surface area contributed by atoms with Crippen LogP contribution in [-0.2, 0) is 19.9 Å². The number of sulfonamides is 1. The first kappa shape index (κ1) is 16.8. The third-order valence-corrected chi connectivity index (χ3v) is 5.19. The maximum Gasteiger partial charge on any atom is 0.213 e. The highest BCUT2D eigenvalue weighted by molar-refractivity contribution is 7.91. The molecule has 17 heavy (non-hydrogen) atoms. The zero-order chi connectivity index (χ0) is 13.5. The molecule has 0 heterocycles. The Bertz CT molecular complexity index is 403. The molecular formula is C9H22N2O4S2. The number of nitrogens with one attached hydrogen (secondary N) is 1. The van der Waals surface area contributed by atoms with Crippen molar-refractivity contribution < 1.29 is 16.8 Å². The quantitative estimate of drug-likeness (QED) is 0.566. The van der Waals surface area contributed by atoms with Crippen LogP contribution in [0.4, 0.5) is 0 Å². The summed E-state index contributed by atoms with van der Waals surface area (Å²) >= 11 is 0. The molecule has 0 aliphatic rings. The molecule has 0 radical (unpaired) electrons. The van der Waals surface area contributed by atoms with Gasteiger partial charge in [0.15, 0.2) is 0 Å². The Hall–Kier alpha value is -0.180. The fourth-order valence-electron chi connectivity index (χ4n) is 1.18. The number of hydrogen-bond donors (Lipinski definition) is 1. The molecule has 1 N–H and O–H groups in total. The van der Waals surface area contributed by atoms with E-state index in [1.54, 1.807) is 0 Å². The lowest BCUT2D eigenvalue weighted by atomic mass is 10.3. The number of unbranched alkanes of at least 4 members (excludes halogenated alkanes) is 1. The third-order valence-electron chi connectivity index (χ3n) is 2.33. The van der Waals surface area contributed by atoms with Crippen molar-refractivity contribution in [2.45, 2.75) is 12.8 Å². The molecule has 0 aliphatic carbocycles. The standard InChI is InChI=1S/C9H22N2O4S2/c1-10-6-4-5-8-17(14,15)11(2)7-9-16(3,12)13/h10H,4-9H2,1-3H3. The van der Waals surface area contributed by atoms with E-state index in [1.807, 2.05) is 7.05 Å². The summed E-state index contributed by atoms with van der Waals surface area (Å²) in [5, 5.41) is 2.94. The van der Waals surface area contributed by atoms with Crippen LogP contribution in [0.3, 0.4) is 0 Å². The zero-order valence-corrected chi connectivity index (χ0v) is 12.3. The van der Waals surface area contributed by atoms with Crippen LogP contribution in [0.15, 0.2) is 0 Å². The highest BCUT2D eigenvalue weighted by atomic mass is 32.2. The van der Waals surface area contributed by atoms with Crippen molar-refractivity contribution in [3.63, 3.8) is 0 Å². The van der Waals surface area contributed by atoms with Crippen LogP contribution in [0.2, 0.25) is 0 Å². The SMILES string of the molecule is CNCCCCS(=O)(=O)N(C)CCS(C)(=O)=O. The molecule has 0 aliphatic heterocycles. The molecule has 0 spiro atoms. The van der Waals surface area contributed by atoms with Crippen LogP contribution in [0.5, 0.6) is 0 Å². The van der Waals surface area contributed by atoms with Crippen LogP contribution in [-0.4, -0.2) is 66.1 Å². The minimum absolute atomic E-state index is 0.0210. The molecule has 0 saturated carbocycles. The van der Waals surface area contributed by atoms with Gasteiger partial charge in [0.25, 0.3) is 0 Å². The summed E-state index contributed by atoms with van der Waals surface area (Å²) in [6.07, 6.45) is 2.46. The van der Waals surface area contributed by atoms with E-state index in [9.17, 15) is 16.8 Å². The topological polar surface area (TPSA) is 83.6 Å². The predicted molar refractivity (Wildman–Crippen MR) is 69.3 cm³/mol. The Kier molecular flexibility index (Phi) is 7.22. The highest BCUT2D eigenvalue weighted by Crippen LogP contribution is 2.02. The lowest BCUT2D eigenvalue weighted by Crippen LogP contribution is -2.33. The first-order chi connectivity index (χ1) is 7.69. The van der Waals surface area contributed by atoms with Gasteiger partial charge in [-0.3, -0.25) is 0 Å². The van der Waals surface area contributed by atoms with Crippen molar-refractivity contribution in [3.05, 3.63) is 0 Å². The minimum atomic E-state index is -3.32. The summed E-state index contributed by atoms with van der Waals surface area (Å²) in [6, 6.07) is 0. The molecule has 0 fully saturated rings. The fourth-order valence-corrected chi connectivity index (χ4v) is 3.15. The van der Waals surface area contributed by atoms with Gasteiger partial charge in [-0.1, -0.05) is 0 Å². The van der Waals surface area contributed by atoms with Gasteiger partial charge in [-0.15, -0.1) is 0 Å². The first-order valence-electron chi connectivity index (χ1n) is 5.45. The molecule has 0 rings (SSSR count). The Morgan fingerprint density at radius 3 is 2.12 bits per heavy atom. The summed E-state index contributed by atoms with van der Waals surface area (Å²) in [5.41, 5.74) is 0. The normalized spacial score (nSPS) is 13.2. The molecular weight excluding hydrogens is 264 g/mol. The van der Waals surface area contributed by atoms with Gasteiger partial charge in [-0.05, 0) is 26.4 Å². The number of hydrogen-bond acceptors (Lipinski definition) is 5. The van der Waals surface area contributed by atoms with Crippen LogP contribution in [0, 0.1) is 0 Å². The summed E-state index contributed by atoms with van der Waals surface area (Å²) in [6.45, 7) is 0.801. The summed E-state index contributed by atoms with van der Waals surface area (Å²) < 4.78 is 46.4. The largest absolute Gasteiger partial charge is 0.320 e. The Morgan fingerprint density at radius 1 is 1.06 bits per heavy atom. The van der Waals surface area contributed by atoms with E-state index in [1.165, 1.54) is 7.05 Å². The Balaban J connectivity index is 4.12. The molecule has 8 heteroatoms.